The first-order chi connectivity index (χ1) is 5.24. The summed E-state index contributed by atoms with van der Waals surface area (Å²) < 4.78 is 4.86. The third kappa shape index (κ3) is 4.12. The van der Waals surface area contributed by atoms with Crippen molar-refractivity contribution in [3.63, 3.8) is 0 Å². The van der Waals surface area contributed by atoms with Crippen LogP contribution in [0.2, 0.25) is 0 Å². The molecule has 0 unspecified atom stereocenters. The molecule has 0 bridgehead atoms. The molecular weight excluding hydrogens is 211 g/mol. The van der Waals surface area contributed by atoms with Crippen molar-refractivity contribution in [1.82, 2.24) is 0 Å². The maximum Gasteiger partial charge on any atom is 0.366 e. The van der Waals surface area contributed by atoms with Crippen LogP contribution in [-0.2, 0) is 4.74 Å². The minimum Gasteiger partial charge on any atom is -1.00 e. The van der Waals surface area contributed by atoms with Crippen molar-refractivity contribution in [2.45, 2.75) is 0 Å². The first kappa shape index (κ1) is 14.7. The molecule has 74 valence electrons. The summed E-state index contributed by atoms with van der Waals surface area (Å²) in [5.41, 5.74) is 5.58. The Hall–Kier alpha value is -0.770. The van der Waals surface area contributed by atoms with E-state index >= 15 is 0 Å². The summed E-state index contributed by atoms with van der Waals surface area (Å²) in [5, 5.41) is 5.53. The highest BCUT2D eigenvalue weighted by Crippen LogP contribution is 2.04. The van der Waals surface area contributed by atoms with Crippen molar-refractivity contribution in [3.05, 3.63) is 29.8 Å². The fourth-order valence-electron chi connectivity index (χ4n) is 0.842. The zero-order valence-corrected chi connectivity index (χ0v) is 8.77. The summed E-state index contributed by atoms with van der Waals surface area (Å²) in [6.45, 7) is 0. The molecule has 3 nitrogen and oxygen atoms in total. The Kier molecular flexibility index (Phi) is 7.61. The van der Waals surface area contributed by atoms with E-state index < -0.39 is 0 Å². The molecule has 1 aromatic carbocycles. The largest absolute Gasteiger partial charge is 1.00 e. The first-order valence-corrected chi connectivity index (χ1v) is 3.33. The lowest BCUT2D eigenvalue weighted by atomic mass is 10.2. The second-order valence-corrected chi connectivity index (χ2v) is 2.27. The third-order valence-electron chi connectivity index (χ3n) is 1.43. The van der Waals surface area contributed by atoms with Crippen molar-refractivity contribution in [2.75, 3.05) is 7.11 Å². The van der Waals surface area contributed by atoms with Crippen molar-refractivity contribution >= 4 is 11.6 Å². The van der Waals surface area contributed by atoms with E-state index in [1.165, 1.54) is 0 Å². The van der Waals surface area contributed by atoms with Gasteiger partial charge in [-0.25, -0.2) is 5.41 Å². The molecule has 13 heavy (non-hydrogen) atoms. The Morgan fingerprint density at radius 2 is 2.00 bits per heavy atom. The normalized spacial score (nSPS) is 7.85. The van der Waals surface area contributed by atoms with Gasteiger partial charge in [-0.15, -0.1) is 0 Å². The van der Waals surface area contributed by atoms with Gasteiger partial charge in [0.2, 0.25) is 0 Å². The average molecular weight is 223 g/mol. The van der Waals surface area contributed by atoms with Gasteiger partial charge < -0.3 is 35.3 Å². The standard InChI is InChI=1S/C8H10N2O.2ClH/c1-11-8(10)6-3-2-4-7(9)5-6;;/h2-5,10H,9H2,1H3;2*1H. The molecule has 0 saturated heterocycles. The predicted octanol–water partition coefficient (Wildman–Crippen LogP) is -7.28. The predicted molar refractivity (Wildman–Crippen MR) is 42.0 cm³/mol. The molecule has 1 aromatic rings. The molecular formula is C8H12Cl2N2O. The number of rotatable bonds is 1. The third-order valence-corrected chi connectivity index (χ3v) is 1.43. The van der Waals surface area contributed by atoms with Crippen LogP contribution in [0.5, 0.6) is 0 Å². The lowest BCUT2D eigenvalue weighted by Gasteiger charge is -1.95. The molecule has 0 amide bonds. The second kappa shape index (κ2) is 6.71. The summed E-state index contributed by atoms with van der Waals surface area (Å²) >= 11 is 0. The number of hydrogen-bond donors (Lipinski definition) is 2. The second-order valence-electron chi connectivity index (χ2n) is 2.27. The zero-order valence-electron chi connectivity index (χ0n) is 7.26. The van der Waals surface area contributed by atoms with Crippen molar-refractivity contribution in [3.8, 4) is 0 Å². The molecule has 0 aromatic heterocycles. The van der Waals surface area contributed by atoms with Crippen LogP contribution in [0.4, 0.5) is 5.69 Å². The van der Waals surface area contributed by atoms with E-state index in [4.69, 9.17) is 10.1 Å². The van der Waals surface area contributed by atoms with Gasteiger partial charge in [-0.05, 0) is 12.1 Å². The Morgan fingerprint density at radius 3 is 2.46 bits per heavy atom. The molecule has 0 heterocycles. The maximum atomic E-state index is 5.53. The van der Waals surface area contributed by atoms with Crippen LogP contribution in [0, 0.1) is 0 Å². The molecule has 0 radical (unpaired) electrons. The van der Waals surface area contributed by atoms with Gasteiger partial charge in [0.05, 0.1) is 12.7 Å². The molecule has 0 atom stereocenters. The highest BCUT2D eigenvalue weighted by atomic mass is 35.5. The van der Waals surface area contributed by atoms with Gasteiger partial charge in [-0.2, -0.15) is 0 Å². The van der Waals surface area contributed by atoms with Crippen LogP contribution in [0.15, 0.2) is 24.3 Å². The molecule has 5 heteroatoms. The number of benzene rings is 1. The topological polar surface area (TPSA) is 62.5 Å². The van der Waals surface area contributed by atoms with Crippen LogP contribution in [-0.4, -0.2) is 13.0 Å². The molecule has 0 saturated carbocycles. The van der Waals surface area contributed by atoms with Crippen LogP contribution in [0.1, 0.15) is 5.56 Å². The minimum absolute atomic E-state index is 0. The average Bonchev–Trinajstić information content (AvgIpc) is 2.03. The Balaban J connectivity index is 0. The van der Waals surface area contributed by atoms with E-state index in [0.717, 1.165) is 11.3 Å². The van der Waals surface area contributed by atoms with Crippen LogP contribution >= 0.6 is 0 Å². The molecule has 0 aliphatic rings. The smallest absolute Gasteiger partial charge is 0.366 e. The summed E-state index contributed by atoms with van der Waals surface area (Å²) in [4.78, 5) is 0. The van der Waals surface area contributed by atoms with E-state index in [2.05, 4.69) is 5.73 Å². The molecule has 1 rings (SSSR count). The van der Waals surface area contributed by atoms with Gasteiger partial charge in [0.25, 0.3) is 0 Å². The minimum atomic E-state index is 0. The zero-order chi connectivity index (χ0) is 8.27. The highest BCUT2D eigenvalue weighted by Gasteiger charge is 2.06. The number of methoxy groups -OCH3 is 1. The maximum absolute atomic E-state index is 5.53. The summed E-state index contributed by atoms with van der Waals surface area (Å²) in [6.07, 6.45) is 0. The van der Waals surface area contributed by atoms with Gasteiger partial charge in [0, 0.05) is 6.07 Å². The lowest BCUT2D eigenvalue weighted by molar-refractivity contribution is -0.254. The van der Waals surface area contributed by atoms with E-state index in [0.29, 0.717) is 5.90 Å². The van der Waals surface area contributed by atoms with Gasteiger partial charge >= 0.3 is 5.90 Å². The highest BCUT2D eigenvalue weighted by molar-refractivity contribution is 5.89. The fraction of sp³-hybridized carbons (Fsp3) is 0.125. The van der Waals surface area contributed by atoms with Gasteiger partial charge in [0.15, 0.2) is 0 Å². The van der Waals surface area contributed by atoms with Gasteiger partial charge in [0.1, 0.15) is 5.69 Å². The number of nitrogens with two attached hydrogens (primary N) is 1. The SMILES string of the molecule is COC(=[NH2+])c1cccc([NH3+])c1.[Cl-].[Cl-]. The quantitative estimate of drug-likeness (QED) is 0.360. The Labute approximate surface area is 89.6 Å². The first-order valence-electron chi connectivity index (χ1n) is 3.33. The summed E-state index contributed by atoms with van der Waals surface area (Å²) in [7, 11) is 1.55. The molecule has 0 aliphatic heterocycles. The Bertz CT molecular complexity index is 279. The van der Waals surface area contributed by atoms with Crippen molar-refractivity contribution in [2.24, 2.45) is 0 Å². The van der Waals surface area contributed by atoms with Gasteiger partial charge in [-0.3, -0.25) is 0 Å². The van der Waals surface area contributed by atoms with E-state index in [-0.39, 0.29) is 24.8 Å². The molecule has 5 N–H and O–H groups in total. The van der Waals surface area contributed by atoms with Crippen LogP contribution in [0.3, 0.4) is 0 Å². The van der Waals surface area contributed by atoms with E-state index in [1.807, 2.05) is 24.3 Å². The van der Waals surface area contributed by atoms with Crippen LogP contribution < -0.4 is 36.0 Å². The molecule has 0 aliphatic carbocycles. The Morgan fingerprint density at radius 1 is 1.38 bits per heavy atom. The molecule has 0 spiro atoms. The van der Waals surface area contributed by atoms with Crippen LogP contribution in [0.25, 0.3) is 0 Å². The van der Waals surface area contributed by atoms with Crippen molar-refractivity contribution < 1.29 is 40.7 Å². The number of hydrogen-bond acceptors (Lipinski definition) is 1. The number of ether oxygens (including phenoxy) is 1. The number of halogens is 2. The monoisotopic (exact) mass is 222 g/mol. The summed E-state index contributed by atoms with van der Waals surface area (Å²) in [5.74, 6) is 0.426. The van der Waals surface area contributed by atoms with Crippen molar-refractivity contribution in [1.29, 1.82) is 0 Å². The van der Waals surface area contributed by atoms with E-state index in [9.17, 15) is 0 Å². The van der Waals surface area contributed by atoms with Gasteiger partial charge in [-0.1, -0.05) is 6.07 Å². The summed E-state index contributed by atoms with van der Waals surface area (Å²) in [6, 6.07) is 7.56. The number of quaternary nitrogens is 1. The molecule has 0 fully saturated rings. The van der Waals surface area contributed by atoms with E-state index in [1.54, 1.807) is 7.11 Å². The lowest BCUT2D eigenvalue weighted by Crippen LogP contribution is -3.00. The fourth-order valence-corrected chi connectivity index (χ4v) is 0.842.